The number of benzene rings is 1. The topological polar surface area (TPSA) is 50.7 Å². The largest absolute Gasteiger partial charge is 0.437 e. The molecule has 1 aromatic rings. The Morgan fingerprint density at radius 3 is 2.80 bits per heavy atom. The first-order chi connectivity index (χ1) is 7.09. The highest BCUT2D eigenvalue weighted by atomic mass is 35.5. The molecule has 0 radical (unpaired) electrons. The van der Waals surface area contributed by atoms with Crippen LogP contribution in [0.5, 0.6) is 0 Å². The zero-order valence-electron chi connectivity index (χ0n) is 7.83. The molecule has 1 amide bonds. The lowest BCUT2D eigenvalue weighted by molar-refractivity contribution is 0.166. The van der Waals surface area contributed by atoms with E-state index < -0.39 is 11.9 Å². The molecule has 15 heavy (non-hydrogen) atoms. The zero-order chi connectivity index (χ0) is 11.3. The van der Waals surface area contributed by atoms with E-state index in [1.165, 1.54) is 25.1 Å². The van der Waals surface area contributed by atoms with Crippen LogP contribution in [0.25, 0.3) is 0 Å². The number of halogens is 2. The van der Waals surface area contributed by atoms with Crippen LogP contribution in [-0.4, -0.2) is 11.3 Å². The van der Waals surface area contributed by atoms with Gasteiger partial charge in [-0.3, -0.25) is 10.2 Å². The first kappa shape index (κ1) is 11.5. The monoisotopic (exact) mass is 230 g/mol. The predicted octanol–water partition coefficient (Wildman–Crippen LogP) is 2.95. The van der Waals surface area contributed by atoms with Crippen LogP contribution in [0.1, 0.15) is 6.92 Å². The van der Waals surface area contributed by atoms with Gasteiger partial charge in [0.25, 0.3) is 0 Å². The molecule has 0 aliphatic carbocycles. The molecule has 0 saturated carbocycles. The van der Waals surface area contributed by atoms with E-state index in [2.05, 4.69) is 15.3 Å². The van der Waals surface area contributed by atoms with Crippen molar-refractivity contribution >= 4 is 28.6 Å². The van der Waals surface area contributed by atoms with Crippen LogP contribution in [-0.2, 0) is 4.84 Å². The molecule has 0 aliphatic rings. The van der Waals surface area contributed by atoms with E-state index in [9.17, 15) is 9.18 Å². The molecule has 0 unspecified atom stereocenters. The number of nitrogens with zero attached hydrogens (tertiary/aromatic N) is 1. The number of amides is 1. The SMILES string of the molecule is CC(Cl)=NOC(=O)Nc1ccccc1F. The van der Waals surface area contributed by atoms with Gasteiger partial charge in [0.2, 0.25) is 0 Å². The van der Waals surface area contributed by atoms with E-state index in [-0.39, 0.29) is 10.9 Å². The molecule has 0 aromatic heterocycles. The Hall–Kier alpha value is -1.62. The number of nitrogens with one attached hydrogen (secondary N) is 1. The van der Waals surface area contributed by atoms with Crippen molar-refractivity contribution in [2.24, 2.45) is 5.16 Å². The third-order valence-corrected chi connectivity index (χ3v) is 1.43. The van der Waals surface area contributed by atoms with Gasteiger partial charge in [-0.25, -0.2) is 9.18 Å². The van der Waals surface area contributed by atoms with Crippen molar-refractivity contribution in [2.45, 2.75) is 6.92 Å². The van der Waals surface area contributed by atoms with Crippen LogP contribution in [0.2, 0.25) is 0 Å². The Balaban J connectivity index is 2.59. The third-order valence-electron chi connectivity index (χ3n) is 1.36. The normalized spacial score (nSPS) is 11.0. The Bertz CT molecular complexity index is 391. The van der Waals surface area contributed by atoms with Gasteiger partial charge < -0.3 is 0 Å². The van der Waals surface area contributed by atoms with Gasteiger partial charge in [0.05, 0.1) is 5.69 Å². The summed E-state index contributed by atoms with van der Waals surface area (Å²) in [7, 11) is 0. The molecule has 1 aromatic carbocycles. The second-order valence-electron chi connectivity index (χ2n) is 2.57. The van der Waals surface area contributed by atoms with Crippen molar-refractivity contribution in [3.05, 3.63) is 30.1 Å². The van der Waals surface area contributed by atoms with Gasteiger partial charge in [-0.2, -0.15) is 0 Å². The van der Waals surface area contributed by atoms with Crippen LogP contribution in [0.15, 0.2) is 29.4 Å². The molecule has 4 nitrogen and oxygen atoms in total. The van der Waals surface area contributed by atoms with Crippen molar-refractivity contribution in [2.75, 3.05) is 5.32 Å². The summed E-state index contributed by atoms with van der Waals surface area (Å²) in [6.07, 6.45) is -0.903. The highest BCUT2D eigenvalue weighted by molar-refractivity contribution is 6.64. The van der Waals surface area contributed by atoms with E-state index in [1.807, 2.05) is 0 Å². The number of para-hydroxylation sites is 1. The fourth-order valence-electron chi connectivity index (χ4n) is 0.800. The average Bonchev–Trinajstić information content (AvgIpc) is 2.18. The average molecular weight is 231 g/mol. The molecule has 0 heterocycles. The maximum Gasteiger partial charge on any atom is 0.437 e. The first-order valence-electron chi connectivity index (χ1n) is 4.02. The number of anilines is 1. The number of carbonyl (C=O) groups excluding carboxylic acids is 1. The van der Waals surface area contributed by atoms with Gasteiger partial charge in [0, 0.05) is 0 Å². The Kier molecular flexibility index (Phi) is 4.05. The molecular weight excluding hydrogens is 223 g/mol. The number of oxime groups is 1. The number of rotatable bonds is 2. The van der Waals surface area contributed by atoms with Crippen molar-refractivity contribution < 1.29 is 14.0 Å². The van der Waals surface area contributed by atoms with Gasteiger partial charge in [-0.05, 0) is 19.1 Å². The highest BCUT2D eigenvalue weighted by Gasteiger charge is 2.06. The Morgan fingerprint density at radius 2 is 2.20 bits per heavy atom. The fourth-order valence-corrected chi connectivity index (χ4v) is 0.834. The van der Waals surface area contributed by atoms with Crippen molar-refractivity contribution in [3.63, 3.8) is 0 Å². The molecule has 0 bridgehead atoms. The highest BCUT2D eigenvalue weighted by Crippen LogP contribution is 2.12. The Labute approximate surface area is 90.7 Å². The number of hydrogen-bond donors (Lipinski definition) is 1. The smallest absolute Gasteiger partial charge is 0.297 e. The first-order valence-corrected chi connectivity index (χ1v) is 4.40. The summed E-state index contributed by atoms with van der Waals surface area (Å²) in [5.74, 6) is -0.555. The van der Waals surface area contributed by atoms with Gasteiger partial charge in [0.15, 0.2) is 0 Å². The molecule has 6 heteroatoms. The quantitative estimate of drug-likeness (QED) is 0.482. The van der Waals surface area contributed by atoms with Crippen LogP contribution >= 0.6 is 11.6 Å². The molecule has 80 valence electrons. The summed E-state index contributed by atoms with van der Waals surface area (Å²) < 4.78 is 13.0. The predicted molar refractivity (Wildman–Crippen MR) is 55.5 cm³/mol. The summed E-state index contributed by atoms with van der Waals surface area (Å²) in [6.45, 7) is 1.44. The van der Waals surface area contributed by atoms with E-state index in [0.29, 0.717) is 0 Å². The summed E-state index contributed by atoms with van der Waals surface area (Å²) >= 11 is 5.33. The number of hydrogen-bond acceptors (Lipinski definition) is 3. The van der Waals surface area contributed by atoms with Gasteiger partial charge in [-0.15, -0.1) is 0 Å². The second kappa shape index (κ2) is 5.31. The van der Waals surface area contributed by atoms with Crippen LogP contribution in [0, 0.1) is 5.82 Å². The van der Waals surface area contributed by atoms with Gasteiger partial charge in [0.1, 0.15) is 11.0 Å². The van der Waals surface area contributed by atoms with Crippen LogP contribution in [0.4, 0.5) is 14.9 Å². The minimum absolute atomic E-state index is 0.0184. The molecule has 0 fully saturated rings. The van der Waals surface area contributed by atoms with E-state index in [0.717, 1.165) is 0 Å². The molecule has 0 spiro atoms. The molecule has 0 atom stereocenters. The maximum atomic E-state index is 13.0. The summed E-state index contributed by atoms with van der Waals surface area (Å²) in [4.78, 5) is 15.3. The van der Waals surface area contributed by atoms with Gasteiger partial charge >= 0.3 is 6.09 Å². The molecule has 1 N–H and O–H groups in total. The minimum Gasteiger partial charge on any atom is -0.297 e. The Morgan fingerprint density at radius 1 is 1.53 bits per heavy atom. The minimum atomic E-state index is -0.903. The van der Waals surface area contributed by atoms with E-state index in [1.54, 1.807) is 6.07 Å². The lowest BCUT2D eigenvalue weighted by Crippen LogP contribution is -2.12. The third kappa shape index (κ3) is 3.95. The van der Waals surface area contributed by atoms with Crippen LogP contribution < -0.4 is 5.32 Å². The zero-order valence-corrected chi connectivity index (χ0v) is 8.58. The molecule has 0 aliphatic heterocycles. The van der Waals surface area contributed by atoms with Crippen LogP contribution in [0.3, 0.4) is 0 Å². The van der Waals surface area contributed by atoms with Crippen molar-refractivity contribution in [1.82, 2.24) is 0 Å². The summed E-state index contributed by atoms with van der Waals surface area (Å²) in [5, 5.41) is 5.43. The standard InChI is InChI=1S/C9H8ClFN2O2/c1-6(10)13-15-9(14)12-8-5-3-2-4-7(8)11/h2-5H,1H3,(H,12,14). The molecular formula is C9H8ClFN2O2. The fraction of sp³-hybridized carbons (Fsp3) is 0.111. The van der Waals surface area contributed by atoms with E-state index in [4.69, 9.17) is 11.6 Å². The maximum absolute atomic E-state index is 13.0. The molecule has 0 saturated heterocycles. The van der Waals surface area contributed by atoms with Crippen molar-refractivity contribution in [1.29, 1.82) is 0 Å². The molecule has 1 rings (SSSR count). The van der Waals surface area contributed by atoms with Crippen molar-refractivity contribution in [3.8, 4) is 0 Å². The lowest BCUT2D eigenvalue weighted by atomic mass is 10.3. The second-order valence-corrected chi connectivity index (χ2v) is 3.12. The van der Waals surface area contributed by atoms with E-state index >= 15 is 0 Å². The lowest BCUT2D eigenvalue weighted by Gasteiger charge is -2.02. The van der Waals surface area contributed by atoms with Gasteiger partial charge in [-0.1, -0.05) is 28.9 Å². The summed E-state index contributed by atoms with van der Waals surface area (Å²) in [5.41, 5.74) is 0.0184. The number of carbonyl (C=O) groups is 1. The summed E-state index contributed by atoms with van der Waals surface area (Å²) in [6, 6.07) is 5.70.